The van der Waals surface area contributed by atoms with E-state index in [0.29, 0.717) is 5.91 Å². The molecule has 0 radical (unpaired) electrons. The maximum Gasteiger partial charge on any atom is 0.231 e. The number of quaternary nitrogens is 1. The second kappa shape index (κ2) is 8.34. The number of likely N-dealkylation sites (tertiary alicyclic amines) is 1. The van der Waals surface area contributed by atoms with E-state index in [9.17, 15) is 4.79 Å². The van der Waals surface area contributed by atoms with Gasteiger partial charge in [0.15, 0.2) is 0 Å². The second-order valence-corrected chi connectivity index (χ2v) is 6.79. The molecule has 0 aromatic heterocycles. The van der Waals surface area contributed by atoms with Crippen LogP contribution in [0.1, 0.15) is 32.3 Å². The molecule has 1 aromatic rings. The second-order valence-electron chi connectivity index (χ2n) is 6.79. The molecule has 1 heterocycles. The minimum absolute atomic E-state index is 0.208. The first-order valence-electron chi connectivity index (χ1n) is 8.93. The molecule has 1 saturated heterocycles. The van der Waals surface area contributed by atoms with Gasteiger partial charge < -0.3 is 14.7 Å². The summed E-state index contributed by atoms with van der Waals surface area (Å²) in [6, 6.07) is 8.80. The summed E-state index contributed by atoms with van der Waals surface area (Å²) in [5.74, 6) is 0.565. The van der Waals surface area contributed by atoms with Crippen LogP contribution >= 0.6 is 0 Å². The number of hydrogen-bond donors (Lipinski definition) is 1. The van der Waals surface area contributed by atoms with Gasteiger partial charge in [-0.05, 0) is 38.8 Å². The molecule has 1 aliphatic rings. The average molecular weight is 318 g/mol. The number of carbonyl (C=O) groups is 1. The average Bonchev–Trinajstić information content (AvgIpc) is 2.56. The Morgan fingerprint density at radius 3 is 2.39 bits per heavy atom. The van der Waals surface area contributed by atoms with Crippen LogP contribution in [0.15, 0.2) is 24.3 Å². The molecule has 1 fully saturated rings. The number of nitrogens with zero attached hydrogens (tertiary/aromatic N) is 2. The Bertz CT molecular complexity index is 494. The molecular weight excluding hydrogens is 286 g/mol. The van der Waals surface area contributed by atoms with E-state index >= 15 is 0 Å². The summed E-state index contributed by atoms with van der Waals surface area (Å²) in [5.41, 5.74) is 2.60. The predicted octanol–water partition coefficient (Wildman–Crippen LogP) is 1.42. The van der Waals surface area contributed by atoms with Crippen molar-refractivity contribution in [2.24, 2.45) is 5.92 Å². The first-order chi connectivity index (χ1) is 11.0. The monoisotopic (exact) mass is 318 g/mol. The van der Waals surface area contributed by atoms with Crippen LogP contribution in [0.4, 0.5) is 5.69 Å². The molecule has 1 amide bonds. The van der Waals surface area contributed by atoms with Crippen molar-refractivity contribution in [2.75, 3.05) is 45.2 Å². The van der Waals surface area contributed by atoms with Crippen molar-refractivity contribution in [3.8, 4) is 0 Å². The Morgan fingerprint density at radius 2 is 1.83 bits per heavy atom. The van der Waals surface area contributed by atoms with E-state index in [0.717, 1.165) is 39.0 Å². The standard InChI is InChI=1S/C19H31N3O/c1-5-22(6-2)19(23)17-8-7-13-21(15-17)14-16-9-11-18(12-10-16)20(3)4/h9-12,17H,5-8,13-15H2,1-4H3/p+1/t17-/m0/s1. The molecule has 0 saturated carbocycles. The first kappa shape index (κ1) is 17.8. The van der Waals surface area contributed by atoms with Gasteiger partial charge in [-0.2, -0.15) is 0 Å². The number of amides is 1. The molecule has 1 unspecified atom stereocenters. The van der Waals surface area contributed by atoms with E-state index < -0.39 is 0 Å². The summed E-state index contributed by atoms with van der Waals surface area (Å²) in [5, 5.41) is 0. The SMILES string of the molecule is CCN(CC)C(=O)[C@H]1CCC[NH+](Cc2ccc(N(C)C)cc2)C1. The van der Waals surface area contributed by atoms with E-state index in [1.54, 1.807) is 4.90 Å². The van der Waals surface area contributed by atoms with Crippen LogP contribution in [-0.4, -0.2) is 51.1 Å². The third kappa shape index (κ3) is 4.71. The molecule has 23 heavy (non-hydrogen) atoms. The highest BCUT2D eigenvalue weighted by Crippen LogP contribution is 2.14. The maximum absolute atomic E-state index is 12.6. The summed E-state index contributed by atoms with van der Waals surface area (Å²) in [6.45, 7) is 8.97. The molecule has 128 valence electrons. The Kier molecular flexibility index (Phi) is 6.46. The van der Waals surface area contributed by atoms with Gasteiger partial charge in [0.05, 0.1) is 19.0 Å². The summed E-state index contributed by atoms with van der Waals surface area (Å²) < 4.78 is 0. The van der Waals surface area contributed by atoms with E-state index in [1.807, 2.05) is 4.90 Å². The van der Waals surface area contributed by atoms with Gasteiger partial charge in [0.25, 0.3) is 0 Å². The topological polar surface area (TPSA) is 28.0 Å². The van der Waals surface area contributed by atoms with Gasteiger partial charge in [0.2, 0.25) is 5.91 Å². The Morgan fingerprint density at radius 1 is 1.17 bits per heavy atom. The fraction of sp³-hybridized carbons (Fsp3) is 0.632. The van der Waals surface area contributed by atoms with E-state index in [2.05, 4.69) is 57.1 Å². The molecule has 4 heteroatoms. The normalized spacial score (nSPS) is 21.0. The van der Waals surface area contributed by atoms with Crippen LogP contribution in [0.25, 0.3) is 0 Å². The lowest BCUT2D eigenvalue weighted by molar-refractivity contribution is -0.921. The first-order valence-corrected chi connectivity index (χ1v) is 8.93. The number of rotatable bonds is 6. The van der Waals surface area contributed by atoms with Crippen LogP contribution in [0, 0.1) is 5.92 Å². The molecule has 1 N–H and O–H groups in total. The summed E-state index contributed by atoms with van der Waals surface area (Å²) in [7, 11) is 4.13. The molecule has 4 nitrogen and oxygen atoms in total. The van der Waals surface area contributed by atoms with E-state index in [-0.39, 0.29) is 5.92 Å². The zero-order chi connectivity index (χ0) is 16.8. The van der Waals surface area contributed by atoms with Crippen molar-refractivity contribution in [3.05, 3.63) is 29.8 Å². The minimum Gasteiger partial charge on any atom is -0.378 e. The molecule has 0 bridgehead atoms. The molecule has 1 aliphatic heterocycles. The highest BCUT2D eigenvalue weighted by atomic mass is 16.2. The van der Waals surface area contributed by atoms with Crippen molar-refractivity contribution in [3.63, 3.8) is 0 Å². The van der Waals surface area contributed by atoms with Gasteiger partial charge in [-0.3, -0.25) is 4.79 Å². The van der Waals surface area contributed by atoms with Gasteiger partial charge in [-0.1, -0.05) is 12.1 Å². The van der Waals surface area contributed by atoms with E-state index in [1.165, 1.54) is 17.8 Å². The fourth-order valence-electron chi connectivity index (χ4n) is 3.52. The third-order valence-corrected chi connectivity index (χ3v) is 4.95. The number of nitrogens with one attached hydrogen (secondary N) is 1. The highest BCUT2D eigenvalue weighted by molar-refractivity contribution is 5.78. The summed E-state index contributed by atoms with van der Waals surface area (Å²) >= 11 is 0. The minimum atomic E-state index is 0.208. The highest BCUT2D eigenvalue weighted by Gasteiger charge is 2.30. The lowest BCUT2D eigenvalue weighted by Gasteiger charge is -2.32. The van der Waals surface area contributed by atoms with Crippen LogP contribution in [0.2, 0.25) is 0 Å². The zero-order valence-electron chi connectivity index (χ0n) is 15.1. The quantitative estimate of drug-likeness (QED) is 0.859. The van der Waals surface area contributed by atoms with Gasteiger partial charge >= 0.3 is 0 Å². The predicted molar refractivity (Wildman–Crippen MR) is 95.8 cm³/mol. The van der Waals surface area contributed by atoms with Crippen molar-refractivity contribution >= 4 is 11.6 Å². The number of benzene rings is 1. The largest absolute Gasteiger partial charge is 0.378 e. The Balaban J connectivity index is 1.94. The maximum atomic E-state index is 12.6. The Labute approximate surface area is 141 Å². The van der Waals surface area contributed by atoms with Crippen molar-refractivity contribution in [1.29, 1.82) is 0 Å². The fourth-order valence-corrected chi connectivity index (χ4v) is 3.52. The van der Waals surface area contributed by atoms with E-state index in [4.69, 9.17) is 0 Å². The number of hydrogen-bond acceptors (Lipinski definition) is 2. The molecule has 1 aromatic carbocycles. The van der Waals surface area contributed by atoms with Gasteiger partial charge in [0.1, 0.15) is 6.54 Å². The number of anilines is 1. The molecular formula is C19H32N3O+. The van der Waals surface area contributed by atoms with Gasteiger partial charge in [-0.25, -0.2) is 0 Å². The molecule has 0 spiro atoms. The lowest BCUT2D eigenvalue weighted by atomic mass is 9.96. The molecule has 2 atom stereocenters. The third-order valence-electron chi connectivity index (χ3n) is 4.95. The number of carbonyl (C=O) groups excluding carboxylic acids is 1. The van der Waals surface area contributed by atoms with Gasteiger partial charge in [0, 0.05) is 38.4 Å². The van der Waals surface area contributed by atoms with Crippen LogP contribution < -0.4 is 9.80 Å². The number of piperidine rings is 1. The van der Waals surface area contributed by atoms with Crippen LogP contribution in [0.5, 0.6) is 0 Å². The Hall–Kier alpha value is -1.55. The van der Waals surface area contributed by atoms with Crippen LogP contribution in [-0.2, 0) is 11.3 Å². The molecule has 0 aliphatic carbocycles. The smallest absolute Gasteiger partial charge is 0.231 e. The zero-order valence-corrected chi connectivity index (χ0v) is 15.1. The lowest BCUT2D eigenvalue weighted by Crippen LogP contribution is -3.12. The van der Waals surface area contributed by atoms with Crippen molar-refractivity contribution < 1.29 is 9.69 Å². The summed E-state index contributed by atoms with van der Waals surface area (Å²) in [6.07, 6.45) is 2.21. The summed E-state index contributed by atoms with van der Waals surface area (Å²) in [4.78, 5) is 18.2. The van der Waals surface area contributed by atoms with Gasteiger partial charge in [-0.15, -0.1) is 0 Å². The molecule has 2 rings (SSSR count). The van der Waals surface area contributed by atoms with Crippen LogP contribution in [0.3, 0.4) is 0 Å². The van der Waals surface area contributed by atoms with Crippen molar-refractivity contribution in [1.82, 2.24) is 4.90 Å². The van der Waals surface area contributed by atoms with Crippen molar-refractivity contribution in [2.45, 2.75) is 33.2 Å².